The number of hydrogen-bond acceptors (Lipinski definition) is 5. The lowest BCUT2D eigenvalue weighted by Crippen LogP contribution is -2.33. The molecular formula is C18H25ClN4O3S. The molecule has 4 rings (SSSR count). The molecule has 0 amide bonds. The zero-order chi connectivity index (χ0) is 18.5. The van der Waals surface area contributed by atoms with Crippen molar-refractivity contribution in [3.8, 4) is 5.75 Å². The molecule has 148 valence electrons. The Kier molecular flexibility index (Phi) is 5.54. The number of imidazole rings is 1. The van der Waals surface area contributed by atoms with Crippen molar-refractivity contribution in [3.05, 3.63) is 42.4 Å². The number of ether oxygens (including phenoxy) is 1. The topological polar surface area (TPSA) is 67.7 Å². The van der Waals surface area contributed by atoms with Crippen LogP contribution in [-0.4, -0.2) is 61.0 Å². The van der Waals surface area contributed by atoms with Crippen LogP contribution >= 0.6 is 12.4 Å². The molecule has 2 aromatic rings. The molecule has 2 saturated heterocycles. The molecule has 3 heterocycles. The van der Waals surface area contributed by atoms with Crippen molar-refractivity contribution in [1.82, 2.24) is 18.8 Å². The standard InChI is InChI=1S/C18H24N4O3S.ClH/c1-20-11-17(19-12-20)26(23,24)22-9-14-8-21(2)18(16(14)10-22)13-4-6-15(25-3)7-5-13;/h4-7,11-12,14,16,18H,8-10H2,1-3H3;1H/t14-,16+,18+;/m0./s1. The van der Waals surface area contributed by atoms with E-state index in [9.17, 15) is 8.42 Å². The first-order valence-electron chi connectivity index (χ1n) is 8.72. The zero-order valence-corrected chi connectivity index (χ0v) is 17.3. The third-order valence-electron chi connectivity index (χ3n) is 5.60. The second-order valence-corrected chi connectivity index (χ2v) is 9.17. The first kappa shape index (κ1) is 20.1. The highest BCUT2D eigenvalue weighted by atomic mass is 35.5. The van der Waals surface area contributed by atoms with E-state index >= 15 is 0 Å². The van der Waals surface area contributed by atoms with Crippen LogP contribution in [0.15, 0.2) is 41.8 Å². The van der Waals surface area contributed by atoms with Gasteiger partial charge in [-0.3, -0.25) is 4.90 Å². The van der Waals surface area contributed by atoms with Crippen LogP contribution in [0.3, 0.4) is 0 Å². The molecule has 0 unspecified atom stereocenters. The summed E-state index contributed by atoms with van der Waals surface area (Å²) in [6, 6.07) is 8.31. The van der Waals surface area contributed by atoms with Crippen molar-refractivity contribution in [2.45, 2.75) is 11.1 Å². The van der Waals surface area contributed by atoms with Crippen LogP contribution in [0, 0.1) is 11.8 Å². The van der Waals surface area contributed by atoms with E-state index in [1.165, 1.54) is 11.9 Å². The van der Waals surface area contributed by atoms with E-state index in [0.29, 0.717) is 19.0 Å². The lowest BCUT2D eigenvalue weighted by atomic mass is 9.89. The van der Waals surface area contributed by atoms with Gasteiger partial charge in [-0.15, -0.1) is 12.4 Å². The van der Waals surface area contributed by atoms with Gasteiger partial charge in [0, 0.05) is 38.9 Å². The quantitative estimate of drug-likeness (QED) is 0.765. The fourth-order valence-electron chi connectivity index (χ4n) is 4.37. The molecule has 0 bridgehead atoms. The Hall–Kier alpha value is -1.61. The van der Waals surface area contributed by atoms with Gasteiger partial charge in [0.25, 0.3) is 10.0 Å². The number of benzene rings is 1. The molecule has 27 heavy (non-hydrogen) atoms. The lowest BCUT2D eigenvalue weighted by molar-refractivity contribution is 0.261. The average Bonchev–Trinajstić information content (AvgIpc) is 3.29. The fourth-order valence-corrected chi connectivity index (χ4v) is 5.87. The Labute approximate surface area is 166 Å². The highest BCUT2D eigenvalue weighted by Crippen LogP contribution is 2.45. The largest absolute Gasteiger partial charge is 0.497 e. The molecule has 1 aromatic heterocycles. The molecule has 0 saturated carbocycles. The van der Waals surface area contributed by atoms with Gasteiger partial charge in [0.1, 0.15) is 5.75 Å². The minimum Gasteiger partial charge on any atom is -0.497 e. The van der Waals surface area contributed by atoms with Crippen LogP contribution in [0.25, 0.3) is 0 Å². The van der Waals surface area contributed by atoms with Crippen LogP contribution in [0.1, 0.15) is 11.6 Å². The van der Waals surface area contributed by atoms with E-state index in [2.05, 4.69) is 29.1 Å². The van der Waals surface area contributed by atoms with Crippen molar-refractivity contribution in [2.24, 2.45) is 18.9 Å². The van der Waals surface area contributed by atoms with E-state index in [-0.39, 0.29) is 29.4 Å². The predicted octanol–water partition coefficient (Wildman–Crippen LogP) is 1.77. The number of halogens is 1. The molecule has 3 atom stereocenters. The molecule has 2 fully saturated rings. The number of aryl methyl sites for hydroxylation is 1. The minimum atomic E-state index is -3.53. The summed E-state index contributed by atoms with van der Waals surface area (Å²) in [5.74, 6) is 1.45. The van der Waals surface area contributed by atoms with Gasteiger partial charge in [0.05, 0.1) is 13.4 Å². The molecular weight excluding hydrogens is 388 g/mol. The van der Waals surface area contributed by atoms with Crippen LogP contribution in [0.2, 0.25) is 0 Å². The number of rotatable bonds is 4. The maximum atomic E-state index is 12.9. The van der Waals surface area contributed by atoms with Crippen molar-refractivity contribution in [1.29, 1.82) is 0 Å². The second kappa shape index (κ2) is 7.43. The molecule has 2 aliphatic rings. The van der Waals surface area contributed by atoms with Gasteiger partial charge in [-0.25, -0.2) is 13.4 Å². The molecule has 0 aliphatic carbocycles. The zero-order valence-electron chi connectivity index (χ0n) is 15.6. The first-order chi connectivity index (χ1) is 12.4. The summed E-state index contributed by atoms with van der Waals surface area (Å²) in [6.07, 6.45) is 3.09. The summed E-state index contributed by atoms with van der Waals surface area (Å²) in [5.41, 5.74) is 1.21. The highest BCUT2D eigenvalue weighted by molar-refractivity contribution is 7.89. The number of fused-ring (bicyclic) bond motifs is 1. The van der Waals surface area contributed by atoms with Crippen LogP contribution in [0.4, 0.5) is 0 Å². The average molecular weight is 413 g/mol. The third kappa shape index (κ3) is 3.47. The number of hydrogen-bond donors (Lipinski definition) is 0. The number of methoxy groups -OCH3 is 1. The van der Waals surface area contributed by atoms with Gasteiger partial charge in [0.15, 0.2) is 5.03 Å². The van der Waals surface area contributed by atoms with E-state index in [4.69, 9.17) is 4.74 Å². The van der Waals surface area contributed by atoms with Gasteiger partial charge < -0.3 is 9.30 Å². The molecule has 7 nitrogen and oxygen atoms in total. The molecule has 1 aromatic carbocycles. The summed E-state index contributed by atoms with van der Waals surface area (Å²) in [5, 5.41) is 0.134. The van der Waals surface area contributed by atoms with E-state index in [1.54, 1.807) is 29.2 Å². The second-order valence-electron chi connectivity index (χ2n) is 7.28. The molecule has 0 N–H and O–H groups in total. The number of nitrogens with zero attached hydrogens (tertiary/aromatic N) is 4. The monoisotopic (exact) mass is 412 g/mol. The van der Waals surface area contributed by atoms with Crippen molar-refractivity contribution in [2.75, 3.05) is 33.8 Å². The van der Waals surface area contributed by atoms with Gasteiger partial charge in [0.2, 0.25) is 0 Å². The normalized spacial score (nSPS) is 26.0. The Bertz CT molecular complexity index is 900. The fraction of sp³-hybridized carbons (Fsp3) is 0.500. The summed E-state index contributed by atoms with van der Waals surface area (Å²) in [6.45, 7) is 1.99. The molecule has 9 heteroatoms. The summed E-state index contributed by atoms with van der Waals surface area (Å²) < 4.78 is 34.3. The summed E-state index contributed by atoms with van der Waals surface area (Å²) in [4.78, 5) is 6.38. The summed E-state index contributed by atoms with van der Waals surface area (Å²) in [7, 11) is 2.02. The maximum absolute atomic E-state index is 12.9. The van der Waals surface area contributed by atoms with Gasteiger partial charge >= 0.3 is 0 Å². The van der Waals surface area contributed by atoms with Crippen LogP contribution < -0.4 is 4.74 Å². The number of aromatic nitrogens is 2. The van der Waals surface area contributed by atoms with Crippen molar-refractivity contribution < 1.29 is 13.2 Å². The van der Waals surface area contributed by atoms with Crippen LogP contribution in [0.5, 0.6) is 5.75 Å². The van der Waals surface area contributed by atoms with Crippen molar-refractivity contribution >= 4 is 22.4 Å². The molecule has 0 spiro atoms. The van der Waals surface area contributed by atoms with Gasteiger partial charge in [-0.1, -0.05) is 12.1 Å². The third-order valence-corrected chi connectivity index (χ3v) is 7.32. The van der Waals surface area contributed by atoms with E-state index < -0.39 is 10.0 Å². The van der Waals surface area contributed by atoms with Gasteiger partial charge in [-0.05, 0) is 36.6 Å². The van der Waals surface area contributed by atoms with Crippen LogP contribution in [-0.2, 0) is 17.1 Å². The predicted molar refractivity (Wildman–Crippen MR) is 105 cm³/mol. The Balaban J connectivity index is 0.00000210. The SMILES string of the molecule is COc1ccc([C@@H]2[C@@H]3CN(S(=O)(=O)c4cn(C)cn4)C[C@@H]3CN2C)cc1.Cl. The highest BCUT2D eigenvalue weighted by Gasteiger charge is 2.49. The van der Waals surface area contributed by atoms with E-state index in [1.807, 2.05) is 12.1 Å². The number of likely N-dealkylation sites (tertiary alicyclic amines) is 1. The van der Waals surface area contributed by atoms with Crippen molar-refractivity contribution in [3.63, 3.8) is 0 Å². The Morgan fingerprint density at radius 3 is 2.41 bits per heavy atom. The number of sulfonamides is 1. The van der Waals surface area contributed by atoms with E-state index in [0.717, 1.165) is 12.3 Å². The minimum absolute atomic E-state index is 0. The lowest BCUT2D eigenvalue weighted by Gasteiger charge is -2.26. The maximum Gasteiger partial charge on any atom is 0.262 e. The van der Waals surface area contributed by atoms with Gasteiger partial charge in [-0.2, -0.15) is 4.31 Å². The molecule has 0 radical (unpaired) electrons. The first-order valence-corrected chi connectivity index (χ1v) is 10.2. The smallest absolute Gasteiger partial charge is 0.262 e. The Morgan fingerprint density at radius 2 is 1.81 bits per heavy atom. The molecule has 2 aliphatic heterocycles. The Morgan fingerprint density at radius 1 is 1.11 bits per heavy atom. The summed E-state index contributed by atoms with van der Waals surface area (Å²) >= 11 is 0.